The molecular weight excluding hydrogens is 406 g/mol. The second kappa shape index (κ2) is 8.81. The van der Waals surface area contributed by atoms with E-state index in [1.807, 2.05) is 61.5 Å². The van der Waals surface area contributed by atoms with Crippen molar-refractivity contribution in [2.45, 2.75) is 19.9 Å². The molecule has 1 amide bonds. The lowest BCUT2D eigenvalue weighted by molar-refractivity contribution is -0.384. The Kier molecular flexibility index (Phi) is 5.76. The quantitative estimate of drug-likeness (QED) is 0.365. The molecule has 0 bridgehead atoms. The molecule has 0 fully saturated rings. The molecular formula is C24H21N5O3. The fraction of sp³-hybridized carbons (Fsp3) is 0.125. The van der Waals surface area contributed by atoms with E-state index in [1.54, 1.807) is 19.1 Å². The number of nitrogens with zero attached hydrogens (tertiary/aromatic N) is 4. The lowest BCUT2D eigenvalue weighted by Gasteiger charge is -2.19. The molecule has 1 aromatic heterocycles. The fourth-order valence-electron chi connectivity index (χ4n) is 3.49. The van der Waals surface area contributed by atoms with Gasteiger partial charge < -0.3 is 5.32 Å². The number of aryl methyl sites for hydroxylation is 1. The largest absolute Gasteiger partial charge is 0.340 e. The van der Waals surface area contributed by atoms with Crippen LogP contribution < -0.4 is 5.32 Å². The maximum atomic E-state index is 13.2. The Morgan fingerprint density at radius 1 is 0.969 bits per heavy atom. The van der Waals surface area contributed by atoms with Gasteiger partial charge in [0.2, 0.25) is 0 Å². The average Bonchev–Trinajstić information content (AvgIpc) is 3.20. The molecule has 1 N–H and O–H groups in total. The number of aromatic nitrogens is 3. The van der Waals surface area contributed by atoms with Crippen LogP contribution in [0, 0.1) is 24.0 Å². The van der Waals surface area contributed by atoms with Crippen molar-refractivity contribution < 1.29 is 9.72 Å². The molecule has 0 aliphatic carbocycles. The van der Waals surface area contributed by atoms with Crippen molar-refractivity contribution in [2.24, 2.45) is 0 Å². The minimum atomic E-state index is -0.477. The highest BCUT2D eigenvalue weighted by Gasteiger charge is 2.23. The molecule has 4 rings (SSSR count). The van der Waals surface area contributed by atoms with Gasteiger partial charge in [-0.2, -0.15) is 0 Å². The number of nitro benzene ring substituents is 1. The molecule has 8 nitrogen and oxygen atoms in total. The van der Waals surface area contributed by atoms with Crippen LogP contribution >= 0.6 is 0 Å². The van der Waals surface area contributed by atoms with Gasteiger partial charge in [0.15, 0.2) is 5.69 Å². The number of nitrogens with one attached hydrogen (secondary N) is 1. The standard InChI is InChI=1S/C24H21N5O3/c1-16-11-13-19(14-12-16)23(18-7-4-3-5-8-18)25-24(30)22-17(2)28(27-26-22)20-9-6-10-21(15-20)29(31)32/h3-15,23H,1-2H3,(H,25,30). The predicted molar refractivity (Wildman–Crippen MR) is 120 cm³/mol. The average molecular weight is 427 g/mol. The Balaban J connectivity index is 1.65. The van der Waals surface area contributed by atoms with Crippen molar-refractivity contribution in [3.05, 3.63) is 117 Å². The lowest BCUT2D eigenvalue weighted by Crippen LogP contribution is -2.30. The molecule has 1 unspecified atom stereocenters. The van der Waals surface area contributed by atoms with Crippen molar-refractivity contribution in [1.82, 2.24) is 20.3 Å². The first-order chi connectivity index (χ1) is 15.4. The number of benzene rings is 3. The van der Waals surface area contributed by atoms with Gasteiger partial charge in [0.05, 0.1) is 22.3 Å². The summed E-state index contributed by atoms with van der Waals surface area (Å²) in [6, 6.07) is 23.3. The zero-order valence-electron chi connectivity index (χ0n) is 17.6. The van der Waals surface area contributed by atoms with Crippen molar-refractivity contribution in [2.75, 3.05) is 0 Å². The van der Waals surface area contributed by atoms with Crippen LogP contribution in [0.3, 0.4) is 0 Å². The number of nitro groups is 1. The molecule has 0 aliphatic heterocycles. The van der Waals surface area contributed by atoms with E-state index < -0.39 is 4.92 Å². The lowest BCUT2D eigenvalue weighted by atomic mass is 9.97. The van der Waals surface area contributed by atoms with E-state index in [-0.39, 0.29) is 23.3 Å². The van der Waals surface area contributed by atoms with Gasteiger partial charge in [0, 0.05) is 12.1 Å². The fourth-order valence-corrected chi connectivity index (χ4v) is 3.49. The number of hydrogen-bond acceptors (Lipinski definition) is 5. The van der Waals surface area contributed by atoms with Crippen LogP contribution in [-0.4, -0.2) is 25.8 Å². The molecule has 4 aromatic rings. The molecule has 32 heavy (non-hydrogen) atoms. The van der Waals surface area contributed by atoms with Crippen molar-refractivity contribution in [1.29, 1.82) is 0 Å². The molecule has 8 heteroatoms. The molecule has 1 heterocycles. The van der Waals surface area contributed by atoms with E-state index in [1.165, 1.54) is 16.8 Å². The third kappa shape index (κ3) is 4.24. The SMILES string of the molecule is Cc1ccc(C(NC(=O)c2nnn(-c3cccc([N+](=O)[O-])c3)c2C)c2ccccc2)cc1. The van der Waals surface area contributed by atoms with Gasteiger partial charge in [-0.3, -0.25) is 14.9 Å². The van der Waals surface area contributed by atoms with Gasteiger partial charge >= 0.3 is 0 Å². The number of hydrogen-bond donors (Lipinski definition) is 1. The maximum Gasteiger partial charge on any atom is 0.274 e. The first-order valence-electron chi connectivity index (χ1n) is 10.0. The van der Waals surface area contributed by atoms with Gasteiger partial charge in [-0.25, -0.2) is 4.68 Å². The van der Waals surface area contributed by atoms with Crippen LogP contribution in [0.15, 0.2) is 78.9 Å². The second-order valence-corrected chi connectivity index (χ2v) is 7.44. The van der Waals surface area contributed by atoms with E-state index in [0.29, 0.717) is 11.4 Å². The third-order valence-electron chi connectivity index (χ3n) is 5.21. The molecule has 0 aliphatic rings. The maximum absolute atomic E-state index is 13.2. The smallest absolute Gasteiger partial charge is 0.274 e. The van der Waals surface area contributed by atoms with E-state index in [0.717, 1.165) is 16.7 Å². The van der Waals surface area contributed by atoms with Gasteiger partial charge in [-0.15, -0.1) is 5.10 Å². The van der Waals surface area contributed by atoms with E-state index in [4.69, 9.17) is 0 Å². The summed E-state index contributed by atoms with van der Waals surface area (Å²) in [5.74, 6) is -0.381. The number of amides is 1. The van der Waals surface area contributed by atoms with Gasteiger partial charge in [0.1, 0.15) is 0 Å². The molecule has 3 aromatic carbocycles. The normalized spacial score (nSPS) is 11.7. The molecule has 1 atom stereocenters. The summed E-state index contributed by atoms with van der Waals surface area (Å²) in [6.45, 7) is 3.71. The predicted octanol–water partition coefficient (Wildman–Crippen LogP) is 4.31. The Hall–Kier alpha value is -4.33. The van der Waals surface area contributed by atoms with Crippen LogP contribution in [0.4, 0.5) is 5.69 Å². The molecule has 0 radical (unpaired) electrons. The zero-order valence-corrected chi connectivity index (χ0v) is 17.6. The van der Waals surface area contributed by atoms with E-state index in [9.17, 15) is 14.9 Å². The van der Waals surface area contributed by atoms with Crippen molar-refractivity contribution in [3.63, 3.8) is 0 Å². The summed E-state index contributed by atoms with van der Waals surface area (Å²) in [7, 11) is 0. The summed E-state index contributed by atoms with van der Waals surface area (Å²) in [6.07, 6.45) is 0. The first kappa shape index (κ1) is 20.9. The van der Waals surface area contributed by atoms with Gasteiger partial charge in [0.25, 0.3) is 11.6 Å². The van der Waals surface area contributed by atoms with Crippen LogP contribution in [0.5, 0.6) is 0 Å². The Bertz CT molecular complexity index is 1270. The Morgan fingerprint density at radius 3 is 2.34 bits per heavy atom. The minimum Gasteiger partial charge on any atom is -0.340 e. The number of carbonyl (C=O) groups excluding carboxylic acids is 1. The second-order valence-electron chi connectivity index (χ2n) is 7.44. The summed E-state index contributed by atoms with van der Waals surface area (Å²) < 4.78 is 1.42. The van der Waals surface area contributed by atoms with Crippen molar-refractivity contribution in [3.8, 4) is 5.69 Å². The van der Waals surface area contributed by atoms with Crippen LogP contribution in [0.2, 0.25) is 0 Å². The van der Waals surface area contributed by atoms with E-state index in [2.05, 4.69) is 15.6 Å². The summed E-state index contributed by atoms with van der Waals surface area (Å²) in [5, 5.41) is 22.3. The number of carbonyl (C=O) groups is 1. The highest BCUT2D eigenvalue weighted by Crippen LogP contribution is 2.24. The van der Waals surface area contributed by atoms with Gasteiger partial charge in [-0.1, -0.05) is 71.4 Å². The van der Waals surface area contributed by atoms with Gasteiger partial charge in [-0.05, 0) is 31.0 Å². The monoisotopic (exact) mass is 427 g/mol. The van der Waals surface area contributed by atoms with Crippen molar-refractivity contribution >= 4 is 11.6 Å². The summed E-state index contributed by atoms with van der Waals surface area (Å²) in [5.41, 5.74) is 4.05. The third-order valence-corrected chi connectivity index (χ3v) is 5.21. The summed E-state index contributed by atoms with van der Waals surface area (Å²) in [4.78, 5) is 23.8. The molecule has 160 valence electrons. The number of non-ortho nitro benzene ring substituents is 1. The Morgan fingerprint density at radius 2 is 1.66 bits per heavy atom. The summed E-state index contributed by atoms with van der Waals surface area (Å²) >= 11 is 0. The molecule has 0 saturated carbocycles. The highest BCUT2D eigenvalue weighted by atomic mass is 16.6. The first-order valence-corrected chi connectivity index (χ1v) is 10.0. The Labute approximate surface area is 184 Å². The zero-order chi connectivity index (χ0) is 22.7. The number of rotatable bonds is 6. The topological polar surface area (TPSA) is 103 Å². The molecule has 0 spiro atoms. The van der Waals surface area contributed by atoms with Crippen LogP contribution in [0.25, 0.3) is 5.69 Å². The molecule has 0 saturated heterocycles. The minimum absolute atomic E-state index is 0.0630. The van der Waals surface area contributed by atoms with Crippen LogP contribution in [0.1, 0.15) is 38.9 Å². The van der Waals surface area contributed by atoms with E-state index >= 15 is 0 Å². The van der Waals surface area contributed by atoms with Crippen LogP contribution in [-0.2, 0) is 0 Å². The highest BCUT2D eigenvalue weighted by molar-refractivity contribution is 5.93.